The van der Waals surface area contributed by atoms with Gasteiger partial charge in [0.25, 0.3) is 0 Å². The van der Waals surface area contributed by atoms with E-state index >= 15 is 0 Å². The quantitative estimate of drug-likeness (QED) is 0.853. The van der Waals surface area contributed by atoms with Crippen molar-refractivity contribution in [1.82, 2.24) is 14.5 Å². The number of ether oxygens (including phenoxy) is 1. The molecule has 1 aromatic rings. The molecule has 0 spiro atoms. The lowest BCUT2D eigenvalue weighted by Crippen LogP contribution is -2.46. The van der Waals surface area contributed by atoms with Gasteiger partial charge in [-0.25, -0.2) is 4.98 Å². The number of hydrogen-bond donors (Lipinski definition) is 1. The predicted octanol–water partition coefficient (Wildman–Crippen LogP) is 1.70. The smallest absolute Gasteiger partial charge is 0.240 e. The van der Waals surface area contributed by atoms with Crippen molar-refractivity contribution in [2.24, 2.45) is 24.6 Å². The summed E-state index contributed by atoms with van der Waals surface area (Å²) >= 11 is 3.47. The number of nitrogens with two attached hydrogens (primary N) is 1. The first-order valence-electron chi connectivity index (χ1n) is 7.58. The van der Waals surface area contributed by atoms with Gasteiger partial charge in [0.1, 0.15) is 10.4 Å². The number of imidazole rings is 1. The Morgan fingerprint density at radius 1 is 1.59 bits per heavy atom. The van der Waals surface area contributed by atoms with E-state index in [-0.39, 0.29) is 17.9 Å². The molecule has 1 aliphatic heterocycles. The number of carbonyl (C=O) groups is 1. The second-order valence-corrected chi connectivity index (χ2v) is 7.14. The fourth-order valence-electron chi connectivity index (χ4n) is 2.96. The maximum absolute atomic E-state index is 12.7. The van der Waals surface area contributed by atoms with Gasteiger partial charge in [0.15, 0.2) is 0 Å². The van der Waals surface area contributed by atoms with Crippen LogP contribution in [0.4, 0.5) is 0 Å². The van der Waals surface area contributed by atoms with Gasteiger partial charge in [-0.2, -0.15) is 0 Å². The Labute approximate surface area is 140 Å². The molecule has 2 N–H and O–H groups in total. The summed E-state index contributed by atoms with van der Waals surface area (Å²) in [5, 5.41) is 0. The van der Waals surface area contributed by atoms with Crippen molar-refractivity contribution in [3.8, 4) is 0 Å². The van der Waals surface area contributed by atoms with Crippen LogP contribution in [-0.2, 0) is 16.6 Å². The van der Waals surface area contributed by atoms with Crippen LogP contribution in [0.5, 0.6) is 0 Å². The third kappa shape index (κ3) is 3.36. The molecule has 7 heteroatoms. The zero-order chi connectivity index (χ0) is 16.4. The largest absolute Gasteiger partial charge is 0.384 e. The lowest BCUT2D eigenvalue weighted by atomic mass is 10.0. The standard InChI is InChI=1S/C15H25BrN4O2/c1-9(2)13(17)15(21)20-7-10(8-22-4)5-11(20)14-18-6-12(16)19(14)3/h6,9-11,13H,5,7-8,17H2,1-4H3/t10-,11-,13-/m0/s1. The monoisotopic (exact) mass is 372 g/mol. The molecule has 0 bridgehead atoms. The minimum absolute atomic E-state index is 0.00211. The topological polar surface area (TPSA) is 73.4 Å². The van der Waals surface area contributed by atoms with Crippen LogP contribution >= 0.6 is 15.9 Å². The van der Waals surface area contributed by atoms with E-state index in [0.29, 0.717) is 19.1 Å². The molecule has 0 aliphatic carbocycles. The van der Waals surface area contributed by atoms with Gasteiger partial charge in [0.2, 0.25) is 5.91 Å². The molecule has 0 radical (unpaired) electrons. The van der Waals surface area contributed by atoms with E-state index in [1.54, 1.807) is 13.3 Å². The summed E-state index contributed by atoms with van der Waals surface area (Å²) in [5.74, 6) is 1.31. The van der Waals surface area contributed by atoms with Gasteiger partial charge < -0.3 is 19.9 Å². The molecule has 1 aromatic heterocycles. The molecular formula is C15H25BrN4O2. The first-order chi connectivity index (χ1) is 10.4. The summed E-state index contributed by atoms with van der Waals surface area (Å²) < 4.78 is 8.15. The Balaban J connectivity index is 2.27. The molecule has 6 nitrogen and oxygen atoms in total. The number of rotatable bonds is 5. The van der Waals surface area contributed by atoms with Gasteiger partial charge >= 0.3 is 0 Å². The number of methoxy groups -OCH3 is 1. The maximum atomic E-state index is 12.7. The van der Waals surface area contributed by atoms with E-state index in [1.807, 2.05) is 30.4 Å². The minimum atomic E-state index is -0.479. The van der Waals surface area contributed by atoms with Gasteiger partial charge in [-0.3, -0.25) is 4.79 Å². The number of amides is 1. The van der Waals surface area contributed by atoms with Crippen LogP contribution in [0.25, 0.3) is 0 Å². The van der Waals surface area contributed by atoms with Crippen molar-refractivity contribution in [1.29, 1.82) is 0 Å². The molecule has 1 aliphatic rings. The SMILES string of the molecule is COC[C@H]1C[C@@H](c2ncc(Br)n2C)N(C(=O)[C@@H](N)C(C)C)C1. The first kappa shape index (κ1) is 17.4. The maximum Gasteiger partial charge on any atom is 0.240 e. The highest BCUT2D eigenvalue weighted by Crippen LogP contribution is 2.36. The number of halogens is 1. The first-order valence-corrected chi connectivity index (χ1v) is 8.38. The molecule has 1 amide bonds. The number of aromatic nitrogens is 2. The summed E-state index contributed by atoms with van der Waals surface area (Å²) in [6.45, 7) is 5.25. The number of carbonyl (C=O) groups excluding carboxylic acids is 1. The predicted molar refractivity (Wildman–Crippen MR) is 88.2 cm³/mol. The van der Waals surface area contributed by atoms with Crippen LogP contribution < -0.4 is 5.73 Å². The molecule has 1 fully saturated rings. The zero-order valence-corrected chi connectivity index (χ0v) is 15.2. The summed E-state index contributed by atoms with van der Waals surface area (Å²) in [5.41, 5.74) is 6.08. The molecule has 0 unspecified atom stereocenters. The highest BCUT2D eigenvalue weighted by atomic mass is 79.9. The van der Waals surface area contributed by atoms with Crippen LogP contribution in [0.15, 0.2) is 10.8 Å². The van der Waals surface area contributed by atoms with Gasteiger partial charge in [-0.15, -0.1) is 0 Å². The van der Waals surface area contributed by atoms with E-state index in [2.05, 4.69) is 20.9 Å². The zero-order valence-electron chi connectivity index (χ0n) is 13.6. The van der Waals surface area contributed by atoms with E-state index < -0.39 is 6.04 Å². The number of likely N-dealkylation sites (tertiary alicyclic amines) is 1. The molecular weight excluding hydrogens is 348 g/mol. The van der Waals surface area contributed by atoms with Gasteiger partial charge in [0, 0.05) is 26.6 Å². The lowest BCUT2D eigenvalue weighted by Gasteiger charge is -2.28. The third-order valence-corrected chi connectivity index (χ3v) is 5.08. The summed E-state index contributed by atoms with van der Waals surface area (Å²) in [6, 6.07) is -0.527. The summed E-state index contributed by atoms with van der Waals surface area (Å²) in [6.07, 6.45) is 2.62. The van der Waals surface area contributed by atoms with Crippen LogP contribution in [0.2, 0.25) is 0 Å². The highest BCUT2D eigenvalue weighted by molar-refractivity contribution is 9.10. The van der Waals surface area contributed by atoms with Crippen molar-refractivity contribution >= 4 is 21.8 Å². The summed E-state index contributed by atoms with van der Waals surface area (Å²) in [4.78, 5) is 19.1. The van der Waals surface area contributed by atoms with Crippen LogP contribution in [0, 0.1) is 11.8 Å². The van der Waals surface area contributed by atoms with Gasteiger partial charge in [0.05, 0.1) is 24.9 Å². The van der Waals surface area contributed by atoms with Gasteiger partial charge in [-0.1, -0.05) is 13.8 Å². The van der Waals surface area contributed by atoms with Crippen LogP contribution in [-0.4, -0.2) is 46.7 Å². The van der Waals surface area contributed by atoms with Crippen molar-refractivity contribution < 1.29 is 9.53 Å². The number of nitrogens with zero attached hydrogens (tertiary/aromatic N) is 3. The van der Waals surface area contributed by atoms with Crippen LogP contribution in [0.1, 0.15) is 32.1 Å². The Morgan fingerprint density at radius 2 is 2.27 bits per heavy atom. The van der Waals surface area contributed by atoms with Crippen molar-refractivity contribution in [2.45, 2.75) is 32.4 Å². The van der Waals surface area contributed by atoms with E-state index in [4.69, 9.17) is 10.5 Å². The molecule has 0 aromatic carbocycles. The Bertz CT molecular complexity index is 532. The second kappa shape index (κ2) is 7.10. The molecule has 124 valence electrons. The third-order valence-electron chi connectivity index (χ3n) is 4.34. The fourth-order valence-corrected chi connectivity index (χ4v) is 3.24. The Kier molecular flexibility index (Phi) is 5.63. The van der Waals surface area contributed by atoms with Gasteiger partial charge in [-0.05, 0) is 28.3 Å². The molecule has 1 saturated heterocycles. The fraction of sp³-hybridized carbons (Fsp3) is 0.733. The van der Waals surface area contributed by atoms with E-state index in [1.165, 1.54) is 0 Å². The molecule has 2 heterocycles. The normalized spacial score (nSPS) is 23.3. The lowest BCUT2D eigenvalue weighted by molar-refractivity contribution is -0.134. The van der Waals surface area contributed by atoms with Crippen molar-refractivity contribution in [3.05, 3.63) is 16.6 Å². The number of hydrogen-bond acceptors (Lipinski definition) is 4. The average molecular weight is 373 g/mol. The van der Waals surface area contributed by atoms with Crippen LogP contribution in [0.3, 0.4) is 0 Å². The second-order valence-electron chi connectivity index (χ2n) is 6.33. The van der Waals surface area contributed by atoms with Crippen molar-refractivity contribution in [3.63, 3.8) is 0 Å². The molecule has 22 heavy (non-hydrogen) atoms. The summed E-state index contributed by atoms with van der Waals surface area (Å²) in [7, 11) is 3.64. The highest BCUT2D eigenvalue weighted by Gasteiger charge is 2.40. The Hall–Kier alpha value is -0.920. The molecule has 3 atom stereocenters. The minimum Gasteiger partial charge on any atom is -0.384 e. The van der Waals surface area contributed by atoms with E-state index in [9.17, 15) is 4.79 Å². The Morgan fingerprint density at radius 3 is 2.77 bits per heavy atom. The van der Waals surface area contributed by atoms with E-state index in [0.717, 1.165) is 16.8 Å². The molecule has 0 saturated carbocycles. The average Bonchev–Trinajstić information content (AvgIpc) is 3.02. The van der Waals surface area contributed by atoms with Crippen molar-refractivity contribution in [2.75, 3.05) is 20.3 Å². The molecule has 2 rings (SSSR count).